The summed E-state index contributed by atoms with van der Waals surface area (Å²) < 4.78 is 16.9. The van der Waals surface area contributed by atoms with Gasteiger partial charge in [-0.05, 0) is 96.3 Å². The first-order valence-corrected chi connectivity index (χ1v) is 30.4. The largest absolute Gasteiger partial charge is 0.462 e. The van der Waals surface area contributed by atoms with Gasteiger partial charge in [0, 0.05) is 19.3 Å². The zero-order valence-electron chi connectivity index (χ0n) is 47.0. The summed E-state index contributed by atoms with van der Waals surface area (Å²) in [4.78, 5) is 38.2. The van der Waals surface area contributed by atoms with Crippen molar-refractivity contribution in [1.29, 1.82) is 0 Å². The molecule has 0 saturated carbocycles. The Morgan fingerprint density at radius 2 is 0.507 bits per heavy atom. The molecule has 0 aliphatic heterocycles. The maximum absolute atomic E-state index is 12.9. The average molecular weight is 992 g/mol. The molecule has 0 rings (SSSR count). The highest BCUT2D eigenvalue weighted by Crippen LogP contribution is 2.16. The highest BCUT2D eigenvalue weighted by molar-refractivity contribution is 5.71. The Morgan fingerprint density at radius 1 is 0.282 bits per heavy atom. The molecule has 0 saturated heterocycles. The number of rotatable bonds is 55. The molecule has 6 heteroatoms. The van der Waals surface area contributed by atoms with E-state index in [2.05, 4.69) is 93.7 Å². The van der Waals surface area contributed by atoms with Crippen molar-refractivity contribution >= 4 is 17.9 Å². The lowest BCUT2D eigenvalue weighted by Gasteiger charge is -2.18. The van der Waals surface area contributed by atoms with Gasteiger partial charge in [0.2, 0.25) is 0 Å². The van der Waals surface area contributed by atoms with E-state index in [4.69, 9.17) is 14.2 Å². The van der Waals surface area contributed by atoms with Gasteiger partial charge in [-0.25, -0.2) is 0 Å². The van der Waals surface area contributed by atoms with E-state index in [1.807, 2.05) is 0 Å². The van der Waals surface area contributed by atoms with Crippen molar-refractivity contribution < 1.29 is 28.6 Å². The molecule has 0 bridgehead atoms. The summed E-state index contributed by atoms with van der Waals surface area (Å²) in [5, 5.41) is 0. The molecule has 410 valence electrons. The van der Waals surface area contributed by atoms with Crippen molar-refractivity contribution in [3.05, 3.63) is 72.9 Å². The van der Waals surface area contributed by atoms with Crippen molar-refractivity contribution in [2.75, 3.05) is 13.2 Å². The van der Waals surface area contributed by atoms with Crippen LogP contribution in [0.3, 0.4) is 0 Å². The third-order valence-corrected chi connectivity index (χ3v) is 13.2. The summed E-state index contributed by atoms with van der Waals surface area (Å²) in [6, 6.07) is 0. The third-order valence-electron chi connectivity index (χ3n) is 13.2. The van der Waals surface area contributed by atoms with Crippen molar-refractivity contribution in [1.82, 2.24) is 0 Å². The molecule has 1 unspecified atom stereocenters. The maximum atomic E-state index is 12.9. The molecule has 0 radical (unpaired) electrons. The normalized spacial score (nSPS) is 12.5. The Hall–Kier alpha value is -3.15. The van der Waals surface area contributed by atoms with Crippen molar-refractivity contribution in [3.63, 3.8) is 0 Å². The Kier molecular flexibility index (Phi) is 56.8. The average Bonchev–Trinajstić information content (AvgIpc) is 3.37. The Morgan fingerprint density at radius 3 is 0.817 bits per heavy atom. The molecule has 0 aliphatic carbocycles. The standard InChI is InChI=1S/C65H114O6/c1-4-7-10-13-16-19-22-25-27-29-31-32-34-35-37-40-43-46-49-52-55-58-64(67)70-61-62(60-69-63(66)57-54-51-48-45-42-39-24-21-18-15-12-9-6-3)71-65(68)59-56-53-50-47-44-41-38-36-33-30-28-26-23-20-17-14-11-8-5-2/h17,20,22,25-26,28-29,31,33-36,62H,4-16,18-19,21,23-24,27,30,32,37-61H2,1-3H3/b20-17-,25-22-,28-26-,31-29-,35-34-,36-33-. The van der Waals surface area contributed by atoms with Gasteiger partial charge in [-0.1, -0.05) is 261 Å². The predicted molar refractivity (Wildman–Crippen MR) is 307 cm³/mol. The number of allylic oxidation sites excluding steroid dienone is 12. The van der Waals surface area contributed by atoms with Crippen LogP contribution >= 0.6 is 0 Å². The number of ether oxygens (including phenoxy) is 3. The lowest BCUT2D eigenvalue weighted by Crippen LogP contribution is -2.30. The van der Waals surface area contributed by atoms with E-state index in [0.717, 1.165) is 103 Å². The maximum Gasteiger partial charge on any atom is 0.306 e. The molecule has 1 atom stereocenters. The summed E-state index contributed by atoms with van der Waals surface area (Å²) in [5.74, 6) is -0.897. The minimum Gasteiger partial charge on any atom is -0.462 e. The van der Waals surface area contributed by atoms with Crippen LogP contribution in [0.5, 0.6) is 0 Å². The second-order valence-corrected chi connectivity index (χ2v) is 20.3. The van der Waals surface area contributed by atoms with Crippen LogP contribution < -0.4 is 0 Å². The van der Waals surface area contributed by atoms with E-state index in [1.165, 1.54) is 161 Å². The van der Waals surface area contributed by atoms with Gasteiger partial charge in [0.05, 0.1) is 0 Å². The highest BCUT2D eigenvalue weighted by Gasteiger charge is 2.19. The number of esters is 3. The van der Waals surface area contributed by atoms with Gasteiger partial charge in [0.15, 0.2) is 6.10 Å². The molecule has 0 amide bonds. The zero-order chi connectivity index (χ0) is 51.4. The number of unbranched alkanes of at least 4 members (excludes halogenated alkanes) is 32. The third kappa shape index (κ3) is 57.6. The van der Waals surface area contributed by atoms with Gasteiger partial charge in [-0.3, -0.25) is 14.4 Å². The van der Waals surface area contributed by atoms with Crippen LogP contribution in [0, 0.1) is 0 Å². The van der Waals surface area contributed by atoms with Crippen LogP contribution in [0.4, 0.5) is 0 Å². The molecule has 0 aromatic rings. The summed E-state index contributed by atoms with van der Waals surface area (Å²) in [7, 11) is 0. The molecule has 0 spiro atoms. The minimum absolute atomic E-state index is 0.0829. The molecule has 0 N–H and O–H groups in total. The Balaban J connectivity index is 4.40. The quantitative estimate of drug-likeness (QED) is 0.0261. The second kappa shape index (κ2) is 59.4. The van der Waals surface area contributed by atoms with E-state index in [-0.39, 0.29) is 31.1 Å². The molecule has 6 nitrogen and oxygen atoms in total. The number of hydrogen-bond donors (Lipinski definition) is 0. The monoisotopic (exact) mass is 991 g/mol. The number of carbonyl (C=O) groups excluding carboxylic acids is 3. The zero-order valence-corrected chi connectivity index (χ0v) is 47.0. The lowest BCUT2D eigenvalue weighted by atomic mass is 10.0. The Bertz CT molecular complexity index is 1320. The van der Waals surface area contributed by atoms with Gasteiger partial charge in [0.25, 0.3) is 0 Å². The van der Waals surface area contributed by atoms with Crippen LogP contribution in [-0.4, -0.2) is 37.2 Å². The van der Waals surface area contributed by atoms with Gasteiger partial charge >= 0.3 is 17.9 Å². The molecule has 0 heterocycles. The first-order chi connectivity index (χ1) is 35.0. The van der Waals surface area contributed by atoms with Crippen LogP contribution in [0.2, 0.25) is 0 Å². The van der Waals surface area contributed by atoms with Crippen molar-refractivity contribution in [2.24, 2.45) is 0 Å². The molecule has 0 fully saturated rings. The van der Waals surface area contributed by atoms with Gasteiger partial charge in [0.1, 0.15) is 13.2 Å². The first kappa shape index (κ1) is 67.8. The number of hydrogen-bond acceptors (Lipinski definition) is 6. The van der Waals surface area contributed by atoms with Crippen LogP contribution in [0.1, 0.15) is 303 Å². The van der Waals surface area contributed by atoms with Gasteiger partial charge < -0.3 is 14.2 Å². The fraction of sp³-hybridized carbons (Fsp3) is 0.769. The predicted octanol–water partition coefficient (Wildman–Crippen LogP) is 20.5. The van der Waals surface area contributed by atoms with Crippen LogP contribution in [-0.2, 0) is 28.6 Å². The van der Waals surface area contributed by atoms with Crippen molar-refractivity contribution in [3.8, 4) is 0 Å². The van der Waals surface area contributed by atoms with Crippen LogP contribution in [0.15, 0.2) is 72.9 Å². The summed E-state index contributed by atoms with van der Waals surface area (Å²) in [6.45, 7) is 6.60. The smallest absolute Gasteiger partial charge is 0.306 e. The second-order valence-electron chi connectivity index (χ2n) is 20.3. The first-order valence-electron chi connectivity index (χ1n) is 30.4. The van der Waals surface area contributed by atoms with Crippen LogP contribution in [0.25, 0.3) is 0 Å². The highest BCUT2D eigenvalue weighted by atomic mass is 16.6. The molecule has 0 aromatic carbocycles. The fourth-order valence-corrected chi connectivity index (χ4v) is 8.57. The SMILES string of the molecule is CCCCC/C=C\C/C=C\C/C=C\CCCCCCCCC(=O)OC(COC(=O)CCCCCCCC/C=C\C/C=C\C/C=C\CCCCCCC)COC(=O)CCCCCCCCCCCCCCC. The Labute approximate surface area is 440 Å². The molecule has 71 heavy (non-hydrogen) atoms. The van der Waals surface area contributed by atoms with E-state index in [9.17, 15) is 14.4 Å². The van der Waals surface area contributed by atoms with Gasteiger partial charge in [-0.2, -0.15) is 0 Å². The van der Waals surface area contributed by atoms with E-state index < -0.39 is 6.10 Å². The molecular weight excluding hydrogens is 877 g/mol. The van der Waals surface area contributed by atoms with E-state index in [1.54, 1.807) is 0 Å². The molecule has 0 aliphatic rings. The van der Waals surface area contributed by atoms with Gasteiger partial charge in [-0.15, -0.1) is 0 Å². The fourth-order valence-electron chi connectivity index (χ4n) is 8.57. The minimum atomic E-state index is -0.787. The van der Waals surface area contributed by atoms with Crippen molar-refractivity contribution in [2.45, 2.75) is 309 Å². The lowest BCUT2D eigenvalue weighted by molar-refractivity contribution is -0.167. The molecular formula is C65H114O6. The molecule has 0 aromatic heterocycles. The summed E-state index contributed by atoms with van der Waals surface area (Å²) >= 11 is 0. The summed E-state index contributed by atoms with van der Waals surface area (Å²) in [6.07, 6.45) is 76.0. The van der Waals surface area contributed by atoms with E-state index in [0.29, 0.717) is 19.3 Å². The van der Waals surface area contributed by atoms with E-state index >= 15 is 0 Å². The topological polar surface area (TPSA) is 78.9 Å². The summed E-state index contributed by atoms with van der Waals surface area (Å²) in [5.41, 5.74) is 0. The number of carbonyl (C=O) groups is 3.